The van der Waals surface area contributed by atoms with E-state index in [0.29, 0.717) is 17.4 Å². The topological polar surface area (TPSA) is 87.3 Å². The number of hydrogen-bond donors (Lipinski definition) is 2. The van der Waals surface area contributed by atoms with Crippen LogP contribution in [0.25, 0.3) is 10.9 Å². The summed E-state index contributed by atoms with van der Waals surface area (Å²) in [6.07, 6.45) is 3.55. The molecule has 1 aliphatic heterocycles. The molecule has 2 atom stereocenters. The van der Waals surface area contributed by atoms with E-state index in [2.05, 4.69) is 34.0 Å². The molecule has 1 amide bonds. The van der Waals surface area contributed by atoms with E-state index in [-0.39, 0.29) is 23.2 Å². The van der Waals surface area contributed by atoms with Gasteiger partial charge in [0, 0.05) is 42.9 Å². The van der Waals surface area contributed by atoms with Gasteiger partial charge >= 0.3 is 0 Å². The number of pyridine rings is 2. The summed E-state index contributed by atoms with van der Waals surface area (Å²) in [5, 5.41) is 3.30. The van der Waals surface area contributed by atoms with Crippen LogP contribution < -0.4 is 15.6 Å². The van der Waals surface area contributed by atoms with Gasteiger partial charge in [-0.05, 0) is 37.6 Å². The minimum Gasteiger partial charge on any atom is -0.372 e. The van der Waals surface area contributed by atoms with Crippen LogP contribution in [0.5, 0.6) is 0 Å². The summed E-state index contributed by atoms with van der Waals surface area (Å²) >= 11 is 0. The first-order valence-electron chi connectivity index (χ1n) is 9.75. The first-order valence-corrected chi connectivity index (χ1v) is 9.75. The van der Waals surface area contributed by atoms with E-state index in [9.17, 15) is 9.59 Å². The maximum absolute atomic E-state index is 12.5. The lowest BCUT2D eigenvalue weighted by atomic mass is 10.1. The van der Waals surface area contributed by atoms with Crippen LogP contribution in [0, 0.1) is 0 Å². The predicted molar refractivity (Wildman–Crippen MR) is 112 cm³/mol. The third-order valence-corrected chi connectivity index (χ3v) is 5.04. The highest BCUT2D eigenvalue weighted by atomic mass is 16.5. The second-order valence-electron chi connectivity index (χ2n) is 7.45. The number of anilines is 1. The summed E-state index contributed by atoms with van der Waals surface area (Å²) in [5.74, 6) is 0.491. The Morgan fingerprint density at radius 1 is 1.21 bits per heavy atom. The van der Waals surface area contributed by atoms with Crippen molar-refractivity contribution in [3.8, 4) is 0 Å². The average molecular weight is 392 g/mol. The van der Waals surface area contributed by atoms with Gasteiger partial charge in [-0.2, -0.15) is 0 Å². The van der Waals surface area contributed by atoms with E-state index in [0.717, 1.165) is 24.5 Å². The number of carbonyl (C=O) groups excluding carboxylic acids is 1. The molecule has 1 saturated heterocycles. The molecule has 3 heterocycles. The molecule has 29 heavy (non-hydrogen) atoms. The van der Waals surface area contributed by atoms with Gasteiger partial charge in [0.1, 0.15) is 11.4 Å². The van der Waals surface area contributed by atoms with Crippen LogP contribution in [-0.4, -0.2) is 41.2 Å². The van der Waals surface area contributed by atoms with E-state index in [1.807, 2.05) is 24.3 Å². The normalized spacial score (nSPS) is 19.3. The Morgan fingerprint density at radius 3 is 2.69 bits per heavy atom. The van der Waals surface area contributed by atoms with Crippen LogP contribution in [0.3, 0.4) is 0 Å². The van der Waals surface area contributed by atoms with Gasteiger partial charge in [-0.1, -0.05) is 18.2 Å². The van der Waals surface area contributed by atoms with Crippen molar-refractivity contribution in [1.82, 2.24) is 15.3 Å². The Labute approximate surface area is 168 Å². The molecule has 4 rings (SSSR count). The number of carbonyl (C=O) groups is 1. The molecule has 1 aliphatic rings. The lowest BCUT2D eigenvalue weighted by Gasteiger charge is -2.36. The minimum absolute atomic E-state index is 0.101. The van der Waals surface area contributed by atoms with Crippen molar-refractivity contribution in [2.75, 3.05) is 18.0 Å². The van der Waals surface area contributed by atoms with Crippen molar-refractivity contribution in [3.63, 3.8) is 0 Å². The molecule has 1 aromatic carbocycles. The summed E-state index contributed by atoms with van der Waals surface area (Å²) in [6, 6.07) is 11.0. The number of morpholine rings is 1. The molecular weight excluding hydrogens is 368 g/mol. The molecule has 0 radical (unpaired) electrons. The van der Waals surface area contributed by atoms with Gasteiger partial charge in [-0.15, -0.1) is 0 Å². The zero-order valence-electron chi connectivity index (χ0n) is 16.5. The molecule has 0 spiro atoms. The van der Waals surface area contributed by atoms with Gasteiger partial charge in [0.05, 0.1) is 12.2 Å². The van der Waals surface area contributed by atoms with Crippen molar-refractivity contribution in [2.45, 2.75) is 32.6 Å². The zero-order chi connectivity index (χ0) is 20.4. The number of benzene rings is 1. The number of hydrogen-bond acceptors (Lipinski definition) is 5. The molecule has 7 nitrogen and oxygen atoms in total. The molecule has 2 aromatic heterocycles. The number of aromatic amines is 1. The number of nitrogens with one attached hydrogen (secondary N) is 2. The molecular formula is C22H24N4O3. The third kappa shape index (κ3) is 4.14. The van der Waals surface area contributed by atoms with Crippen molar-refractivity contribution < 1.29 is 9.53 Å². The molecule has 0 bridgehead atoms. The van der Waals surface area contributed by atoms with E-state index in [1.54, 1.807) is 18.3 Å². The Kier molecular flexibility index (Phi) is 5.31. The number of rotatable bonds is 4. The molecule has 2 N–H and O–H groups in total. The van der Waals surface area contributed by atoms with Gasteiger partial charge in [0.2, 0.25) is 5.43 Å². The molecule has 0 saturated carbocycles. The highest BCUT2D eigenvalue weighted by molar-refractivity contribution is 5.97. The quantitative estimate of drug-likeness (QED) is 0.712. The Bertz CT molecular complexity index is 1070. The molecule has 7 heteroatoms. The third-order valence-electron chi connectivity index (χ3n) is 5.04. The lowest BCUT2D eigenvalue weighted by molar-refractivity contribution is -0.00546. The smallest absolute Gasteiger partial charge is 0.257 e. The van der Waals surface area contributed by atoms with Crippen LogP contribution in [0.15, 0.2) is 53.6 Å². The number of amides is 1. The van der Waals surface area contributed by atoms with Crippen LogP contribution in [0.2, 0.25) is 0 Å². The Balaban J connectivity index is 1.42. The van der Waals surface area contributed by atoms with E-state index >= 15 is 0 Å². The zero-order valence-corrected chi connectivity index (χ0v) is 16.5. The maximum atomic E-state index is 12.5. The first-order chi connectivity index (χ1) is 14.0. The summed E-state index contributed by atoms with van der Waals surface area (Å²) in [6.45, 7) is 6.02. The van der Waals surface area contributed by atoms with E-state index in [1.165, 1.54) is 6.20 Å². The lowest BCUT2D eigenvalue weighted by Crippen LogP contribution is -2.45. The monoisotopic (exact) mass is 392 g/mol. The number of aromatic nitrogens is 2. The average Bonchev–Trinajstić information content (AvgIpc) is 2.72. The van der Waals surface area contributed by atoms with Gasteiger partial charge in [0.25, 0.3) is 5.91 Å². The number of nitrogens with zero attached hydrogens (tertiary/aromatic N) is 2. The first kappa shape index (κ1) is 19.1. The second kappa shape index (κ2) is 8.05. The van der Waals surface area contributed by atoms with Crippen molar-refractivity contribution in [1.29, 1.82) is 0 Å². The summed E-state index contributed by atoms with van der Waals surface area (Å²) in [7, 11) is 0. The molecule has 2 unspecified atom stereocenters. The number of fused-ring (bicyclic) bond motifs is 1. The van der Waals surface area contributed by atoms with Crippen LogP contribution in [0.4, 0.5) is 5.82 Å². The predicted octanol–water partition coefficient (Wildman–Crippen LogP) is 2.47. The summed E-state index contributed by atoms with van der Waals surface area (Å²) < 4.78 is 5.76. The molecule has 150 valence electrons. The fourth-order valence-corrected chi connectivity index (χ4v) is 3.69. The van der Waals surface area contributed by atoms with Crippen molar-refractivity contribution in [3.05, 3.63) is 70.1 Å². The number of H-pyrrole nitrogens is 1. The Morgan fingerprint density at radius 2 is 1.97 bits per heavy atom. The number of para-hydroxylation sites is 1. The van der Waals surface area contributed by atoms with Crippen LogP contribution in [0.1, 0.15) is 29.8 Å². The highest BCUT2D eigenvalue weighted by Crippen LogP contribution is 2.18. The number of ether oxygens (including phenoxy) is 1. The summed E-state index contributed by atoms with van der Waals surface area (Å²) in [5.41, 5.74) is 1.40. The van der Waals surface area contributed by atoms with Gasteiger partial charge < -0.3 is 19.9 Å². The largest absolute Gasteiger partial charge is 0.372 e. The Hall–Kier alpha value is -3.19. The van der Waals surface area contributed by atoms with Crippen LogP contribution in [-0.2, 0) is 11.3 Å². The standard InChI is InChI=1S/C22H24N4O3/c1-14-12-26(13-15(2)29-14)20-8-7-16(9-24-20)10-25-22(28)18-11-23-19-6-4-3-5-17(19)21(18)27/h3-9,11,14-15H,10,12-13H2,1-2H3,(H,23,27)(H,25,28). The minimum atomic E-state index is -0.406. The van der Waals surface area contributed by atoms with Gasteiger partial charge in [0.15, 0.2) is 0 Å². The maximum Gasteiger partial charge on any atom is 0.257 e. The van der Waals surface area contributed by atoms with Gasteiger partial charge in [-0.25, -0.2) is 4.98 Å². The molecule has 3 aromatic rings. The second-order valence-corrected chi connectivity index (χ2v) is 7.45. The van der Waals surface area contributed by atoms with Crippen LogP contribution >= 0.6 is 0 Å². The highest BCUT2D eigenvalue weighted by Gasteiger charge is 2.23. The van der Waals surface area contributed by atoms with E-state index < -0.39 is 5.91 Å². The fraction of sp³-hybridized carbons (Fsp3) is 0.318. The fourth-order valence-electron chi connectivity index (χ4n) is 3.69. The summed E-state index contributed by atoms with van der Waals surface area (Å²) in [4.78, 5) is 34.8. The van der Waals surface area contributed by atoms with Crippen molar-refractivity contribution >= 4 is 22.6 Å². The van der Waals surface area contributed by atoms with Crippen molar-refractivity contribution in [2.24, 2.45) is 0 Å². The molecule has 0 aliphatic carbocycles. The van der Waals surface area contributed by atoms with Gasteiger partial charge in [-0.3, -0.25) is 9.59 Å². The van der Waals surface area contributed by atoms with E-state index in [4.69, 9.17) is 4.74 Å². The SMILES string of the molecule is CC1CN(c2ccc(CNC(=O)c3c[nH]c4ccccc4c3=O)cn2)CC(C)O1. The molecule has 1 fully saturated rings.